The largest absolute Gasteiger partial charge is 0.466 e. The highest BCUT2D eigenvalue weighted by atomic mass is 32.2. The summed E-state index contributed by atoms with van der Waals surface area (Å²) in [6, 6.07) is 18.0. The minimum atomic E-state index is -1.26. The summed E-state index contributed by atoms with van der Waals surface area (Å²) < 4.78 is 15.8. The number of hydrogen-bond acceptors (Lipinski definition) is 8. The van der Waals surface area contributed by atoms with Gasteiger partial charge < -0.3 is 19.1 Å². The molecule has 2 aromatic carbocycles. The van der Waals surface area contributed by atoms with E-state index in [0.717, 1.165) is 11.1 Å². The molecule has 1 aliphatic carbocycles. The molecule has 3 aliphatic rings. The number of rotatable bonds is 8. The van der Waals surface area contributed by atoms with Crippen molar-refractivity contribution in [1.82, 2.24) is 4.90 Å². The molecule has 1 amide bonds. The molecule has 0 radical (unpaired) electrons. The third-order valence-corrected chi connectivity index (χ3v) is 9.29. The number of nitrogens with zero attached hydrogens (tertiary/aromatic N) is 1. The Balaban J connectivity index is 1.44. The number of esters is 3. The van der Waals surface area contributed by atoms with Gasteiger partial charge in [-0.3, -0.25) is 14.4 Å². The normalized spacial score (nSPS) is 28.4. The standard InChI is InChI=1S/C29H31NO7S/c1-5-35-23(31)19-20(24(32)36-6-2)29(19)26(34)30-22(28(3,4)38-27(29)30)25(33)37-21(17-13-9-7-10-14-17)18-15-11-8-12-16-18/h7-16,19-22,27H,5-6H2,1-4H3/t19-,20-,22+,27-/m1/s1. The van der Waals surface area contributed by atoms with Gasteiger partial charge in [0.25, 0.3) is 0 Å². The molecule has 2 aliphatic heterocycles. The summed E-state index contributed by atoms with van der Waals surface area (Å²) in [6.07, 6.45) is -0.657. The van der Waals surface area contributed by atoms with Crippen LogP contribution in [0.5, 0.6) is 0 Å². The maximum atomic E-state index is 13.8. The van der Waals surface area contributed by atoms with E-state index >= 15 is 0 Å². The van der Waals surface area contributed by atoms with Gasteiger partial charge in [0.05, 0.1) is 30.4 Å². The average molecular weight is 538 g/mol. The van der Waals surface area contributed by atoms with Gasteiger partial charge >= 0.3 is 17.9 Å². The van der Waals surface area contributed by atoms with Crippen LogP contribution in [-0.4, -0.2) is 58.1 Å². The fraction of sp³-hybridized carbons (Fsp3) is 0.448. The molecular weight excluding hydrogens is 506 g/mol. The number of amides is 1. The lowest BCUT2D eigenvalue weighted by molar-refractivity contribution is -0.174. The molecule has 1 saturated carbocycles. The zero-order chi connectivity index (χ0) is 27.2. The smallest absolute Gasteiger partial charge is 0.331 e. The van der Waals surface area contributed by atoms with Crippen LogP contribution in [0.1, 0.15) is 44.9 Å². The Bertz CT molecular complexity index is 1180. The third kappa shape index (κ3) is 3.90. The molecule has 3 fully saturated rings. The van der Waals surface area contributed by atoms with Gasteiger partial charge in [0, 0.05) is 4.75 Å². The van der Waals surface area contributed by atoms with Gasteiger partial charge in [-0.25, -0.2) is 4.79 Å². The highest BCUT2D eigenvalue weighted by molar-refractivity contribution is 8.01. The molecule has 38 heavy (non-hydrogen) atoms. The number of fused-ring (bicyclic) bond motifs is 2. The molecule has 0 N–H and O–H groups in total. The molecule has 0 aromatic heterocycles. The van der Waals surface area contributed by atoms with Crippen molar-refractivity contribution in [2.24, 2.45) is 17.3 Å². The first-order valence-electron chi connectivity index (χ1n) is 12.8. The van der Waals surface area contributed by atoms with Gasteiger partial charge in [0.1, 0.15) is 11.5 Å². The Labute approximate surface area is 226 Å². The molecule has 2 heterocycles. The zero-order valence-corrected chi connectivity index (χ0v) is 22.6. The fourth-order valence-corrected chi connectivity index (χ4v) is 7.80. The van der Waals surface area contributed by atoms with E-state index in [4.69, 9.17) is 14.2 Å². The lowest BCUT2D eigenvalue weighted by atomic mass is 9.85. The summed E-state index contributed by atoms with van der Waals surface area (Å²) in [7, 11) is 0. The van der Waals surface area contributed by atoms with Crippen LogP contribution in [-0.2, 0) is 33.4 Å². The predicted octanol–water partition coefficient (Wildman–Crippen LogP) is 3.74. The Morgan fingerprint density at radius 3 is 1.76 bits per heavy atom. The third-order valence-electron chi connectivity index (χ3n) is 7.61. The second kappa shape index (κ2) is 9.76. The fourth-order valence-electron chi connectivity index (χ4n) is 5.96. The molecule has 0 unspecified atom stereocenters. The van der Waals surface area contributed by atoms with E-state index in [1.165, 1.54) is 16.7 Å². The minimum Gasteiger partial charge on any atom is -0.466 e. The van der Waals surface area contributed by atoms with Crippen molar-refractivity contribution in [2.75, 3.05) is 13.2 Å². The summed E-state index contributed by atoms with van der Waals surface area (Å²) in [5.41, 5.74) is 0.365. The van der Waals surface area contributed by atoms with E-state index in [1.54, 1.807) is 13.8 Å². The van der Waals surface area contributed by atoms with E-state index < -0.39 is 63.3 Å². The molecule has 4 atom stereocenters. The number of carbonyl (C=O) groups is 4. The monoisotopic (exact) mass is 537 g/mol. The van der Waals surface area contributed by atoms with Crippen molar-refractivity contribution >= 4 is 35.6 Å². The predicted molar refractivity (Wildman–Crippen MR) is 140 cm³/mol. The van der Waals surface area contributed by atoms with Crippen LogP contribution in [0.25, 0.3) is 0 Å². The van der Waals surface area contributed by atoms with E-state index in [-0.39, 0.29) is 13.2 Å². The Kier molecular flexibility index (Phi) is 6.75. The Morgan fingerprint density at radius 2 is 1.32 bits per heavy atom. The first kappa shape index (κ1) is 26.3. The highest BCUT2D eigenvalue weighted by Gasteiger charge is 2.90. The van der Waals surface area contributed by atoms with E-state index in [1.807, 2.05) is 74.5 Å². The van der Waals surface area contributed by atoms with Gasteiger partial charge in [0.2, 0.25) is 5.91 Å². The van der Waals surface area contributed by atoms with Crippen LogP contribution in [0.2, 0.25) is 0 Å². The Hall–Kier alpha value is -3.33. The van der Waals surface area contributed by atoms with Crippen LogP contribution in [0.3, 0.4) is 0 Å². The first-order chi connectivity index (χ1) is 18.2. The number of thioether (sulfide) groups is 1. The van der Waals surface area contributed by atoms with Crippen LogP contribution in [0.4, 0.5) is 0 Å². The number of carbonyl (C=O) groups excluding carboxylic acids is 4. The van der Waals surface area contributed by atoms with Gasteiger partial charge in [-0.05, 0) is 38.8 Å². The number of ether oxygens (including phenoxy) is 3. The van der Waals surface area contributed by atoms with Crippen LogP contribution in [0, 0.1) is 17.3 Å². The lowest BCUT2D eigenvalue weighted by Crippen LogP contribution is -2.66. The molecule has 2 saturated heterocycles. The van der Waals surface area contributed by atoms with Gasteiger partial charge in [-0.15, -0.1) is 11.8 Å². The van der Waals surface area contributed by atoms with Crippen LogP contribution in [0.15, 0.2) is 60.7 Å². The quantitative estimate of drug-likeness (QED) is 0.285. The van der Waals surface area contributed by atoms with Crippen molar-refractivity contribution in [3.05, 3.63) is 71.8 Å². The Morgan fingerprint density at radius 1 is 0.842 bits per heavy atom. The number of benzene rings is 2. The number of β-lactam (4-membered cyclic amide) rings is 1. The summed E-state index contributed by atoms with van der Waals surface area (Å²) in [6.45, 7) is 7.39. The molecule has 1 spiro atoms. The molecule has 200 valence electrons. The first-order valence-corrected chi connectivity index (χ1v) is 13.7. The van der Waals surface area contributed by atoms with E-state index in [9.17, 15) is 19.2 Å². The summed E-state index contributed by atoms with van der Waals surface area (Å²) in [4.78, 5) is 54.7. The van der Waals surface area contributed by atoms with Crippen molar-refractivity contribution in [2.45, 2.75) is 50.0 Å². The number of hydrogen-bond donors (Lipinski definition) is 0. The summed E-state index contributed by atoms with van der Waals surface area (Å²) in [5.74, 6) is -3.96. The lowest BCUT2D eigenvalue weighted by Gasteiger charge is -2.45. The summed E-state index contributed by atoms with van der Waals surface area (Å²) >= 11 is 1.41. The average Bonchev–Trinajstić information content (AvgIpc) is 3.57. The van der Waals surface area contributed by atoms with Crippen molar-refractivity contribution in [3.63, 3.8) is 0 Å². The SMILES string of the molecule is CCOC(=O)[C@H]1[C@H](C(=O)OCC)C12C(=O)N1[C@@H](C(=O)OC(c3ccccc3)c3ccccc3)C(C)(C)S[C@@H]12. The van der Waals surface area contributed by atoms with Crippen molar-refractivity contribution < 1.29 is 33.4 Å². The second-order valence-corrected chi connectivity index (χ2v) is 12.0. The maximum Gasteiger partial charge on any atom is 0.331 e. The van der Waals surface area contributed by atoms with Gasteiger partial charge in [0.15, 0.2) is 6.10 Å². The summed E-state index contributed by atoms with van der Waals surface area (Å²) in [5, 5.41) is -0.543. The van der Waals surface area contributed by atoms with E-state index in [0.29, 0.717) is 0 Å². The molecule has 5 rings (SSSR count). The van der Waals surface area contributed by atoms with Gasteiger partial charge in [-0.1, -0.05) is 60.7 Å². The van der Waals surface area contributed by atoms with E-state index in [2.05, 4.69) is 0 Å². The maximum absolute atomic E-state index is 13.8. The van der Waals surface area contributed by atoms with Crippen molar-refractivity contribution in [1.29, 1.82) is 0 Å². The van der Waals surface area contributed by atoms with Crippen LogP contribution >= 0.6 is 11.8 Å². The van der Waals surface area contributed by atoms with Crippen LogP contribution < -0.4 is 0 Å². The topological polar surface area (TPSA) is 99.2 Å². The molecule has 8 nitrogen and oxygen atoms in total. The minimum absolute atomic E-state index is 0.136. The zero-order valence-electron chi connectivity index (χ0n) is 21.8. The molecular formula is C29H31NO7S. The van der Waals surface area contributed by atoms with Crippen molar-refractivity contribution in [3.8, 4) is 0 Å². The second-order valence-electron chi connectivity index (χ2n) is 10.2. The van der Waals surface area contributed by atoms with Gasteiger partial charge in [-0.2, -0.15) is 0 Å². The highest BCUT2D eigenvalue weighted by Crippen LogP contribution is 2.75. The molecule has 0 bridgehead atoms. The molecule has 9 heteroatoms. The molecule has 2 aromatic rings.